The number of benzene rings is 1. The van der Waals surface area contributed by atoms with E-state index in [4.69, 9.17) is 5.73 Å². The van der Waals surface area contributed by atoms with Crippen molar-refractivity contribution in [2.45, 2.75) is 6.92 Å². The van der Waals surface area contributed by atoms with E-state index in [1.807, 2.05) is 0 Å². The van der Waals surface area contributed by atoms with Crippen molar-refractivity contribution < 1.29 is 14.5 Å². The molecule has 1 aromatic heterocycles. The van der Waals surface area contributed by atoms with Crippen molar-refractivity contribution in [3.63, 3.8) is 0 Å². The van der Waals surface area contributed by atoms with Gasteiger partial charge in [-0.2, -0.15) is 0 Å². The normalized spacial score (nSPS) is 10.3. The Morgan fingerprint density at radius 2 is 2.05 bits per heavy atom. The second-order valence-corrected chi connectivity index (χ2v) is 5.25. The lowest BCUT2D eigenvalue weighted by Gasteiger charge is -2.00. The highest BCUT2D eigenvalue weighted by molar-refractivity contribution is 7.18. The number of hydrogen-bond acceptors (Lipinski definition) is 6. The zero-order valence-electron chi connectivity index (χ0n) is 10.9. The zero-order chi connectivity index (χ0) is 14.9. The highest BCUT2D eigenvalue weighted by Crippen LogP contribution is 2.35. The minimum absolute atomic E-state index is 0.00610. The maximum atomic E-state index is 11.5. The molecule has 1 aromatic carbocycles. The number of methoxy groups -OCH3 is 1. The lowest BCUT2D eigenvalue weighted by Crippen LogP contribution is -2.00. The van der Waals surface area contributed by atoms with E-state index in [1.54, 1.807) is 19.1 Å². The average molecular weight is 292 g/mol. The van der Waals surface area contributed by atoms with Gasteiger partial charge in [-0.1, -0.05) is 6.07 Å². The summed E-state index contributed by atoms with van der Waals surface area (Å²) in [5.74, 6) is -0.513. The van der Waals surface area contributed by atoms with Gasteiger partial charge in [-0.25, -0.2) is 4.79 Å². The molecule has 0 atom stereocenters. The van der Waals surface area contributed by atoms with Crippen LogP contribution in [0.1, 0.15) is 15.2 Å². The number of rotatable bonds is 3. The van der Waals surface area contributed by atoms with Gasteiger partial charge in [0.1, 0.15) is 4.88 Å². The molecule has 0 aliphatic rings. The highest BCUT2D eigenvalue weighted by Gasteiger charge is 2.17. The van der Waals surface area contributed by atoms with Crippen molar-refractivity contribution in [1.29, 1.82) is 0 Å². The van der Waals surface area contributed by atoms with Crippen LogP contribution in [0.5, 0.6) is 0 Å². The van der Waals surface area contributed by atoms with Gasteiger partial charge in [-0.15, -0.1) is 11.3 Å². The van der Waals surface area contributed by atoms with Crippen LogP contribution in [-0.2, 0) is 4.74 Å². The summed E-state index contributed by atoms with van der Waals surface area (Å²) in [6, 6.07) is 6.37. The number of nitro benzene ring substituents is 1. The van der Waals surface area contributed by atoms with Gasteiger partial charge in [0.15, 0.2) is 0 Å². The molecular weight excluding hydrogens is 280 g/mol. The first-order valence-electron chi connectivity index (χ1n) is 5.66. The summed E-state index contributed by atoms with van der Waals surface area (Å²) in [6.45, 7) is 1.77. The number of carbonyl (C=O) groups excluding carboxylic acids is 1. The van der Waals surface area contributed by atoms with Crippen LogP contribution in [0.3, 0.4) is 0 Å². The zero-order valence-corrected chi connectivity index (χ0v) is 11.7. The third-order valence-electron chi connectivity index (χ3n) is 2.69. The standard InChI is InChI=1S/C13H12N2O4S/c1-7-3-8(5-9(4-7)15(17)18)11-6-10(14)12(20-11)13(16)19-2/h3-6H,14H2,1-2H3. The lowest BCUT2D eigenvalue weighted by atomic mass is 10.1. The topological polar surface area (TPSA) is 95.5 Å². The molecule has 0 aliphatic carbocycles. The van der Waals surface area contributed by atoms with Crippen LogP contribution in [0.15, 0.2) is 24.3 Å². The Morgan fingerprint density at radius 3 is 2.65 bits per heavy atom. The van der Waals surface area contributed by atoms with E-state index >= 15 is 0 Å². The molecule has 6 nitrogen and oxygen atoms in total. The van der Waals surface area contributed by atoms with Gasteiger partial charge in [0.05, 0.1) is 17.7 Å². The van der Waals surface area contributed by atoms with Gasteiger partial charge in [0.2, 0.25) is 0 Å². The summed E-state index contributed by atoms with van der Waals surface area (Å²) in [5, 5.41) is 10.9. The second-order valence-electron chi connectivity index (χ2n) is 4.20. The molecule has 104 valence electrons. The Labute approximate surface area is 118 Å². The number of nitrogen functional groups attached to an aromatic ring is 1. The summed E-state index contributed by atoms with van der Waals surface area (Å²) < 4.78 is 4.64. The fourth-order valence-electron chi connectivity index (χ4n) is 1.81. The summed E-state index contributed by atoms with van der Waals surface area (Å²) in [6.07, 6.45) is 0. The summed E-state index contributed by atoms with van der Waals surface area (Å²) in [4.78, 5) is 22.9. The minimum Gasteiger partial charge on any atom is -0.465 e. The molecule has 0 amide bonds. The Bertz CT molecular complexity index is 694. The Hall–Kier alpha value is -2.41. The number of carbonyl (C=O) groups is 1. The Morgan fingerprint density at radius 1 is 1.35 bits per heavy atom. The third-order valence-corrected chi connectivity index (χ3v) is 3.87. The molecule has 2 rings (SSSR count). The van der Waals surface area contributed by atoms with E-state index in [2.05, 4.69) is 4.74 Å². The van der Waals surface area contributed by atoms with Gasteiger partial charge in [0, 0.05) is 17.0 Å². The number of anilines is 1. The molecule has 2 aromatic rings. The number of nitro groups is 1. The van der Waals surface area contributed by atoms with Crippen LogP contribution in [0.25, 0.3) is 10.4 Å². The molecule has 20 heavy (non-hydrogen) atoms. The quantitative estimate of drug-likeness (QED) is 0.533. The predicted molar refractivity (Wildman–Crippen MR) is 76.9 cm³/mol. The lowest BCUT2D eigenvalue weighted by molar-refractivity contribution is -0.384. The van der Waals surface area contributed by atoms with Crippen LogP contribution in [0, 0.1) is 17.0 Å². The first-order chi connectivity index (χ1) is 9.42. The van der Waals surface area contributed by atoms with Crippen LogP contribution < -0.4 is 5.73 Å². The number of ether oxygens (including phenoxy) is 1. The van der Waals surface area contributed by atoms with Crippen LogP contribution in [0.2, 0.25) is 0 Å². The molecule has 0 radical (unpaired) electrons. The summed E-state index contributed by atoms with van der Waals surface area (Å²) in [5.41, 5.74) is 7.50. The number of thiophene rings is 1. The smallest absolute Gasteiger partial charge is 0.350 e. The van der Waals surface area contributed by atoms with Crippen molar-refractivity contribution in [3.8, 4) is 10.4 Å². The molecule has 0 spiro atoms. The first-order valence-corrected chi connectivity index (χ1v) is 6.48. The third kappa shape index (κ3) is 2.62. The van der Waals surface area contributed by atoms with Crippen molar-refractivity contribution in [3.05, 3.63) is 44.8 Å². The molecule has 0 saturated carbocycles. The van der Waals surface area contributed by atoms with Crippen molar-refractivity contribution >= 4 is 28.7 Å². The van der Waals surface area contributed by atoms with E-state index in [0.29, 0.717) is 21.0 Å². The highest BCUT2D eigenvalue weighted by atomic mass is 32.1. The van der Waals surface area contributed by atoms with E-state index in [1.165, 1.54) is 19.2 Å². The van der Waals surface area contributed by atoms with Crippen molar-refractivity contribution in [2.24, 2.45) is 0 Å². The Kier molecular flexibility index (Phi) is 3.71. The van der Waals surface area contributed by atoms with Crippen LogP contribution in [-0.4, -0.2) is 18.0 Å². The van der Waals surface area contributed by atoms with Crippen molar-refractivity contribution in [1.82, 2.24) is 0 Å². The van der Waals surface area contributed by atoms with Gasteiger partial charge in [-0.3, -0.25) is 10.1 Å². The predicted octanol–water partition coefficient (Wildman–Crippen LogP) is 3.00. The fraction of sp³-hybridized carbons (Fsp3) is 0.154. The number of hydrogen-bond donors (Lipinski definition) is 1. The Balaban J connectivity index is 2.52. The molecule has 0 aliphatic heterocycles. The SMILES string of the molecule is COC(=O)c1sc(-c2cc(C)cc([N+](=O)[O-])c2)cc1N. The average Bonchev–Trinajstić information content (AvgIpc) is 2.79. The minimum atomic E-state index is -0.513. The number of esters is 1. The number of nitrogens with zero attached hydrogens (tertiary/aromatic N) is 1. The van der Waals surface area contributed by atoms with E-state index < -0.39 is 10.9 Å². The molecule has 0 fully saturated rings. The molecule has 1 heterocycles. The number of aryl methyl sites for hydroxylation is 1. The maximum absolute atomic E-state index is 11.5. The molecule has 7 heteroatoms. The maximum Gasteiger partial charge on any atom is 0.350 e. The number of non-ortho nitro benzene ring substituents is 1. The largest absolute Gasteiger partial charge is 0.465 e. The van der Waals surface area contributed by atoms with Gasteiger partial charge in [0.25, 0.3) is 5.69 Å². The van der Waals surface area contributed by atoms with Gasteiger partial charge >= 0.3 is 5.97 Å². The second kappa shape index (κ2) is 5.30. The fourth-order valence-corrected chi connectivity index (χ4v) is 2.80. The van der Waals surface area contributed by atoms with E-state index in [9.17, 15) is 14.9 Å². The summed E-state index contributed by atoms with van der Waals surface area (Å²) >= 11 is 1.15. The van der Waals surface area contributed by atoms with Crippen molar-refractivity contribution in [2.75, 3.05) is 12.8 Å². The molecular formula is C13H12N2O4S. The molecule has 0 bridgehead atoms. The summed E-state index contributed by atoms with van der Waals surface area (Å²) in [7, 11) is 1.28. The first kappa shape index (κ1) is 14.0. The molecule has 0 unspecified atom stereocenters. The molecule has 2 N–H and O–H groups in total. The van der Waals surface area contributed by atoms with E-state index in [0.717, 1.165) is 16.9 Å². The monoisotopic (exact) mass is 292 g/mol. The molecule has 0 saturated heterocycles. The van der Waals surface area contributed by atoms with Gasteiger partial charge < -0.3 is 10.5 Å². The number of nitrogens with two attached hydrogens (primary N) is 1. The van der Waals surface area contributed by atoms with Crippen LogP contribution >= 0.6 is 11.3 Å². The van der Waals surface area contributed by atoms with E-state index in [-0.39, 0.29) is 5.69 Å². The van der Waals surface area contributed by atoms with Crippen LogP contribution in [0.4, 0.5) is 11.4 Å². The van der Waals surface area contributed by atoms with Gasteiger partial charge in [-0.05, 0) is 24.1 Å².